The zero-order valence-electron chi connectivity index (χ0n) is 17.4. The maximum atomic E-state index is 12.7. The van der Waals surface area contributed by atoms with Crippen molar-refractivity contribution >= 4 is 16.9 Å². The van der Waals surface area contributed by atoms with E-state index in [-0.39, 0.29) is 23.9 Å². The van der Waals surface area contributed by atoms with Gasteiger partial charge in [0.2, 0.25) is 5.91 Å². The largest absolute Gasteiger partial charge is 0.388 e. The van der Waals surface area contributed by atoms with Crippen molar-refractivity contribution in [1.82, 2.24) is 24.2 Å². The normalized spacial score (nSPS) is 17.2. The summed E-state index contributed by atoms with van der Waals surface area (Å²) in [4.78, 5) is 31.5. The van der Waals surface area contributed by atoms with Crippen molar-refractivity contribution in [2.75, 3.05) is 13.1 Å². The van der Waals surface area contributed by atoms with Crippen LogP contribution in [0.25, 0.3) is 11.0 Å². The fraction of sp³-hybridized carbons (Fsp3) is 0.455. The van der Waals surface area contributed by atoms with Gasteiger partial charge in [0, 0.05) is 26.6 Å². The molecule has 1 atom stereocenters. The Morgan fingerprint density at radius 2 is 1.93 bits per heavy atom. The van der Waals surface area contributed by atoms with Gasteiger partial charge < -0.3 is 10.0 Å². The van der Waals surface area contributed by atoms with Crippen LogP contribution in [0, 0.1) is 0 Å². The predicted molar refractivity (Wildman–Crippen MR) is 113 cm³/mol. The number of amides is 1. The summed E-state index contributed by atoms with van der Waals surface area (Å²) in [7, 11) is 1.73. The number of piperidine rings is 1. The van der Waals surface area contributed by atoms with E-state index in [1.54, 1.807) is 11.7 Å². The van der Waals surface area contributed by atoms with Crippen molar-refractivity contribution in [1.29, 1.82) is 0 Å². The molecule has 1 N–H and O–H groups in total. The molecule has 8 nitrogen and oxygen atoms in total. The Hall–Kier alpha value is -3.00. The molecule has 0 saturated carbocycles. The standard InChI is InChI=1S/C22H27N5O3/c1-16(17-6-4-3-5-7-17)12-19(28)26-10-8-22(30,9-11-26)14-27-15-23-20-18(21(27)29)13-24-25(20)2/h3-7,13,15-16,30H,8-12,14H2,1-2H3/t16-/m1/s1. The molecule has 1 aliphatic heterocycles. The summed E-state index contributed by atoms with van der Waals surface area (Å²) in [6.07, 6.45) is 4.26. The maximum absolute atomic E-state index is 12.7. The third kappa shape index (κ3) is 4.00. The average molecular weight is 409 g/mol. The van der Waals surface area contributed by atoms with Crippen molar-refractivity contribution < 1.29 is 9.90 Å². The Morgan fingerprint density at radius 1 is 1.23 bits per heavy atom. The second kappa shape index (κ2) is 8.02. The van der Waals surface area contributed by atoms with Crippen molar-refractivity contribution in [3.05, 3.63) is 58.8 Å². The molecule has 0 bridgehead atoms. The molecule has 4 rings (SSSR count). The Balaban J connectivity index is 1.38. The monoisotopic (exact) mass is 409 g/mol. The van der Waals surface area contributed by atoms with Crippen LogP contribution >= 0.6 is 0 Å². The molecular formula is C22H27N5O3. The van der Waals surface area contributed by atoms with Gasteiger partial charge in [-0.15, -0.1) is 0 Å². The lowest BCUT2D eigenvalue weighted by atomic mass is 9.90. The van der Waals surface area contributed by atoms with Gasteiger partial charge in [-0.25, -0.2) is 4.98 Å². The molecule has 3 heterocycles. The van der Waals surface area contributed by atoms with E-state index in [1.165, 1.54) is 17.1 Å². The lowest BCUT2D eigenvalue weighted by Gasteiger charge is -2.38. The van der Waals surface area contributed by atoms with Crippen LogP contribution in [0.4, 0.5) is 0 Å². The van der Waals surface area contributed by atoms with Gasteiger partial charge in [0.05, 0.1) is 18.3 Å². The van der Waals surface area contributed by atoms with Crippen LogP contribution in [-0.4, -0.2) is 53.9 Å². The number of aryl methyl sites for hydroxylation is 1. The first-order valence-corrected chi connectivity index (χ1v) is 10.3. The molecule has 1 fully saturated rings. The molecule has 8 heteroatoms. The fourth-order valence-electron chi connectivity index (χ4n) is 4.12. The van der Waals surface area contributed by atoms with E-state index in [9.17, 15) is 14.7 Å². The molecule has 158 valence electrons. The number of fused-ring (bicyclic) bond motifs is 1. The molecular weight excluding hydrogens is 382 g/mol. The minimum Gasteiger partial charge on any atom is -0.388 e. The Bertz CT molecular complexity index is 1100. The fourth-order valence-corrected chi connectivity index (χ4v) is 4.12. The molecule has 1 aromatic carbocycles. The van der Waals surface area contributed by atoms with Gasteiger partial charge in [-0.3, -0.25) is 18.8 Å². The van der Waals surface area contributed by atoms with E-state index in [0.29, 0.717) is 43.4 Å². The van der Waals surface area contributed by atoms with Crippen LogP contribution in [0.2, 0.25) is 0 Å². The highest BCUT2D eigenvalue weighted by Crippen LogP contribution is 2.26. The lowest BCUT2D eigenvalue weighted by molar-refractivity contribution is -0.136. The number of aliphatic hydroxyl groups is 1. The molecule has 1 amide bonds. The van der Waals surface area contributed by atoms with E-state index in [4.69, 9.17) is 0 Å². The van der Waals surface area contributed by atoms with E-state index in [2.05, 4.69) is 17.0 Å². The summed E-state index contributed by atoms with van der Waals surface area (Å²) in [6.45, 7) is 3.18. The predicted octanol–water partition coefficient (Wildman–Crippen LogP) is 1.68. The minimum atomic E-state index is -1.04. The van der Waals surface area contributed by atoms with Gasteiger partial charge in [-0.1, -0.05) is 37.3 Å². The van der Waals surface area contributed by atoms with Crippen LogP contribution in [-0.2, 0) is 18.4 Å². The topological polar surface area (TPSA) is 93.2 Å². The number of benzene rings is 1. The second-order valence-corrected chi connectivity index (χ2v) is 8.30. The summed E-state index contributed by atoms with van der Waals surface area (Å²) in [5.74, 6) is 0.249. The molecule has 0 aliphatic carbocycles. The van der Waals surface area contributed by atoms with E-state index in [1.807, 2.05) is 35.2 Å². The number of likely N-dealkylation sites (tertiary alicyclic amines) is 1. The zero-order valence-corrected chi connectivity index (χ0v) is 17.4. The maximum Gasteiger partial charge on any atom is 0.264 e. The van der Waals surface area contributed by atoms with Gasteiger partial charge in [0.15, 0.2) is 5.65 Å². The highest BCUT2D eigenvalue weighted by molar-refractivity contribution is 5.77. The smallest absolute Gasteiger partial charge is 0.264 e. The van der Waals surface area contributed by atoms with Crippen LogP contribution < -0.4 is 5.56 Å². The van der Waals surface area contributed by atoms with Crippen LogP contribution in [0.15, 0.2) is 47.7 Å². The van der Waals surface area contributed by atoms with Crippen molar-refractivity contribution in [2.45, 2.75) is 44.2 Å². The van der Waals surface area contributed by atoms with E-state index in [0.717, 1.165) is 5.56 Å². The third-order valence-corrected chi connectivity index (χ3v) is 6.08. The third-order valence-electron chi connectivity index (χ3n) is 6.08. The Labute approximate surface area is 174 Å². The number of nitrogens with zero attached hydrogens (tertiary/aromatic N) is 5. The number of aromatic nitrogens is 4. The van der Waals surface area contributed by atoms with Crippen LogP contribution in [0.5, 0.6) is 0 Å². The first-order valence-electron chi connectivity index (χ1n) is 10.3. The summed E-state index contributed by atoms with van der Waals surface area (Å²) < 4.78 is 3.00. The van der Waals surface area contributed by atoms with E-state index >= 15 is 0 Å². The summed E-state index contributed by atoms with van der Waals surface area (Å²) in [6, 6.07) is 10.0. The Kier molecular flexibility index (Phi) is 5.42. The molecule has 3 aromatic rings. The number of hydrogen-bond acceptors (Lipinski definition) is 5. The molecule has 0 unspecified atom stereocenters. The number of rotatable bonds is 5. The van der Waals surface area contributed by atoms with E-state index < -0.39 is 5.60 Å². The van der Waals surface area contributed by atoms with Gasteiger partial charge in [0.1, 0.15) is 11.7 Å². The lowest BCUT2D eigenvalue weighted by Crippen LogP contribution is -2.49. The highest BCUT2D eigenvalue weighted by atomic mass is 16.3. The molecule has 0 spiro atoms. The highest BCUT2D eigenvalue weighted by Gasteiger charge is 2.35. The molecule has 30 heavy (non-hydrogen) atoms. The first kappa shape index (κ1) is 20.3. The zero-order chi connectivity index (χ0) is 21.3. The van der Waals surface area contributed by atoms with Crippen LogP contribution in [0.3, 0.4) is 0 Å². The quantitative estimate of drug-likeness (QED) is 0.692. The van der Waals surface area contributed by atoms with Crippen molar-refractivity contribution in [2.24, 2.45) is 7.05 Å². The average Bonchev–Trinajstić information content (AvgIpc) is 3.12. The summed E-state index contributed by atoms with van der Waals surface area (Å²) in [5.41, 5.74) is 0.424. The Morgan fingerprint density at radius 3 is 2.63 bits per heavy atom. The van der Waals surface area contributed by atoms with Crippen molar-refractivity contribution in [3.8, 4) is 0 Å². The number of hydrogen-bond donors (Lipinski definition) is 1. The SMILES string of the molecule is C[C@H](CC(=O)N1CCC(O)(Cn2cnc3c(cnn3C)c2=O)CC1)c1ccccc1. The van der Waals surface area contributed by atoms with Gasteiger partial charge in [0.25, 0.3) is 5.56 Å². The molecule has 2 aromatic heterocycles. The second-order valence-electron chi connectivity index (χ2n) is 8.30. The number of carbonyl (C=O) groups excluding carboxylic acids is 1. The summed E-state index contributed by atoms with van der Waals surface area (Å²) >= 11 is 0. The molecule has 0 radical (unpaired) electrons. The number of carbonyl (C=O) groups is 1. The summed E-state index contributed by atoms with van der Waals surface area (Å²) in [5, 5.41) is 15.5. The van der Waals surface area contributed by atoms with Crippen molar-refractivity contribution in [3.63, 3.8) is 0 Å². The first-order chi connectivity index (χ1) is 14.4. The molecule has 1 saturated heterocycles. The van der Waals surface area contributed by atoms with Gasteiger partial charge in [-0.2, -0.15) is 5.10 Å². The van der Waals surface area contributed by atoms with Gasteiger partial charge in [-0.05, 0) is 24.3 Å². The minimum absolute atomic E-state index is 0.101. The molecule has 1 aliphatic rings. The van der Waals surface area contributed by atoms with Gasteiger partial charge >= 0.3 is 0 Å². The van der Waals surface area contributed by atoms with Crippen LogP contribution in [0.1, 0.15) is 37.7 Å².